The van der Waals surface area contributed by atoms with E-state index in [0.717, 1.165) is 48.7 Å². The first-order valence-electron chi connectivity index (χ1n) is 13.1. The summed E-state index contributed by atoms with van der Waals surface area (Å²) in [7, 11) is 1.63. The van der Waals surface area contributed by atoms with Crippen molar-refractivity contribution < 1.29 is 19.4 Å². The van der Waals surface area contributed by atoms with Crippen LogP contribution in [0.5, 0.6) is 0 Å². The number of hydrogen-bond donors (Lipinski definition) is 3. The molecule has 0 bridgehead atoms. The van der Waals surface area contributed by atoms with Gasteiger partial charge in [-0.15, -0.1) is 0 Å². The summed E-state index contributed by atoms with van der Waals surface area (Å²) in [6, 6.07) is 7.80. The van der Waals surface area contributed by atoms with Crippen molar-refractivity contribution in [3.63, 3.8) is 0 Å². The lowest BCUT2D eigenvalue weighted by molar-refractivity contribution is -0.143. The molecule has 1 aromatic carbocycles. The summed E-state index contributed by atoms with van der Waals surface area (Å²) in [5.41, 5.74) is 8.71. The third kappa shape index (κ3) is 4.93. The van der Waals surface area contributed by atoms with Crippen LogP contribution in [0, 0.1) is 11.3 Å². The van der Waals surface area contributed by atoms with Crippen LogP contribution >= 0.6 is 0 Å². The molecule has 2 fully saturated rings. The lowest BCUT2D eigenvalue weighted by Gasteiger charge is -2.34. The van der Waals surface area contributed by atoms with Crippen molar-refractivity contribution in [3.8, 4) is 0 Å². The highest BCUT2D eigenvalue weighted by molar-refractivity contribution is 5.98. The van der Waals surface area contributed by atoms with Crippen molar-refractivity contribution >= 4 is 28.7 Å². The van der Waals surface area contributed by atoms with Gasteiger partial charge in [-0.2, -0.15) is 0 Å². The smallest absolute Gasteiger partial charge is 0.320 e. The summed E-state index contributed by atoms with van der Waals surface area (Å²) in [6.45, 7) is 5.94. The van der Waals surface area contributed by atoms with E-state index in [2.05, 4.69) is 17.6 Å². The number of nitrogens with two attached hydrogens (primary N) is 1. The van der Waals surface area contributed by atoms with Crippen LogP contribution in [0.25, 0.3) is 10.9 Å². The second kappa shape index (κ2) is 10.9. The zero-order chi connectivity index (χ0) is 26.0. The van der Waals surface area contributed by atoms with Gasteiger partial charge in [-0.1, -0.05) is 19.1 Å². The average molecular weight is 498 g/mol. The minimum absolute atomic E-state index is 0.0520. The highest BCUT2D eigenvalue weighted by Crippen LogP contribution is 2.32. The van der Waals surface area contributed by atoms with Gasteiger partial charge in [0, 0.05) is 55.6 Å². The van der Waals surface area contributed by atoms with Gasteiger partial charge >= 0.3 is 12.0 Å². The minimum atomic E-state index is -0.852. The molecule has 4 atom stereocenters. The van der Waals surface area contributed by atoms with Crippen molar-refractivity contribution in [2.24, 2.45) is 11.7 Å². The number of hydrogen-bond acceptors (Lipinski definition) is 4. The molecular formula is C27H39N5O4. The quantitative estimate of drug-likeness (QED) is 0.360. The summed E-state index contributed by atoms with van der Waals surface area (Å²) in [4.78, 5) is 29.4. The van der Waals surface area contributed by atoms with Crippen LogP contribution in [0.2, 0.25) is 0 Å². The van der Waals surface area contributed by atoms with E-state index in [1.54, 1.807) is 12.0 Å². The zero-order valence-electron chi connectivity index (χ0n) is 21.6. The average Bonchev–Trinajstić information content (AvgIpc) is 3.58. The molecule has 1 aromatic heterocycles. The molecule has 0 radical (unpaired) electrons. The molecule has 9 heteroatoms. The molecule has 0 saturated carbocycles. The molecule has 2 aromatic rings. The lowest BCUT2D eigenvalue weighted by atomic mass is 9.94. The van der Waals surface area contributed by atoms with Crippen LogP contribution in [-0.2, 0) is 22.5 Å². The van der Waals surface area contributed by atoms with E-state index in [0.29, 0.717) is 25.9 Å². The third-order valence-corrected chi connectivity index (χ3v) is 8.08. The molecule has 1 unspecified atom stereocenters. The number of carboxylic acid groups (broad SMARTS) is 1. The highest BCUT2D eigenvalue weighted by atomic mass is 16.5. The van der Waals surface area contributed by atoms with Gasteiger partial charge in [0.1, 0.15) is 5.84 Å². The highest BCUT2D eigenvalue weighted by Gasteiger charge is 2.44. The number of rotatable bonds is 9. The molecule has 9 nitrogen and oxygen atoms in total. The Morgan fingerprint density at radius 1 is 1.25 bits per heavy atom. The fourth-order valence-corrected chi connectivity index (χ4v) is 6.14. The van der Waals surface area contributed by atoms with Gasteiger partial charge in [0.2, 0.25) is 0 Å². The molecule has 2 saturated heterocycles. The Hall–Kier alpha value is -3.07. The predicted octanol–water partition coefficient (Wildman–Crippen LogP) is 3.66. The number of ether oxygens (including phenoxy) is 1. The molecule has 2 aliphatic heterocycles. The number of aliphatic carboxylic acids is 1. The number of fused-ring (bicyclic) bond motifs is 1. The monoisotopic (exact) mass is 497 g/mol. The first kappa shape index (κ1) is 26.0. The maximum Gasteiger partial charge on any atom is 0.320 e. The number of aromatic nitrogens is 1. The number of likely N-dealkylation sites (tertiary alicyclic amines) is 2. The van der Waals surface area contributed by atoms with E-state index in [1.165, 1.54) is 5.69 Å². The Labute approximate surface area is 212 Å². The number of carboxylic acids is 1. The van der Waals surface area contributed by atoms with Crippen LogP contribution in [0.1, 0.15) is 57.2 Å². The van der Waals surface area contributed by atoms with E-state index in [4.69, 9.17) is 15.9 Å². The summed E-state index contributed by atoms with van der Waals surface area (Å²) in [5.74, 6) is -1.38. The van der Waals surface area contributed by atoms with Gasteiger partial charge in [0.15, 0.2) is 0 Å². The molecule has 2 amide bonds. The number of nitrogens with one attached hydrogen (secondary N) is 1. The number of urea groups is 1. The number of methoxy groups -OCH3 is 1. The summed E-state index contributed by atoms with van der Waals surface area (Å²) in [6.07, 6.45) is 4.51. The molecule has 196 valence electrons. The van der Waals surface area contributed by atoms with Gasteiger partial charge in [-0.25, -0.2) is 4.79 Å². The number of carbonyl (C=O) groups excluding carboxylic acids is 1. The molecule has 4 N–H and O–H groups in total. The van der Waals surface area contributed by atoms with Crippen LogP contribution in [0.3, 0.4) is 0 Å². The molecule has 4 rings (SSSR count). The van der Waals surface area contributed by atoms with Gasteiger partial charge in [0.05, 0.1) is 12.0 Å². The zero-order valence-corrected chi connectivity index (χ0v) is 21.6. The Morgan fingerprint density at radius 2 is 2.03 bits per heavy atom. The van der Waals surface area contributed by atoms with Gasteiger partial charge in [-0.3, -0.25) is 10.2 Å². The number of nitrogen functional groups attached to an aromatic ring is 1. The Bertz CT molecular complexity index is 1130. The lowest BCUT2D eigenvalue weighted by Crippen LogP contribution is -2.50. The molecule has 3 heterocycles. The van der Waals surface area contributed by atoms with Crippen LogP contribution in [-0.4, -0.2) is 75.7 Å². The van der Waals surface area contributed by atoms with Gasteiger partial charge < -0.3 is 29.9 Å². The number of carbonyl (C=O) groups is 2. The van der Waals surface area contributed by atoms with Crippen molar-refractivity contribution in [3.05, 3.63) is 35.5 Å². The topological polar surface area (TPSA) is 125 Å². The Balaban J connectivity index is 1.50. The number of nitrogens with zero attached hydrogens (tertiary/aromatic N) is 3. The first-order chi connectivity index (χ1) is 17.3. The largest absolute Gasteiger partial charge is 0.481 e. The maximum atomic E-state index is 13.7. The second-order valence-electron chi connectivity index (χ2n) is 10.0. The summed E-state index contributed by atoms with van der Waals surface area (Å²) in [5, 5.41) is 18.6. The van der Waals surface area contributed by atoms with Gasteiger partial charge in [0.25, 0.3) is 0 Å². The molecular weight excluding hydrogens is 458 g/mol. The minimum Gasteiger partial charge on any atom is -0.481 e. The Morgan fingerprint density at radius 3 is 2.67 bits per heavy atom. The van der Waals surface area contributed by atoms with E-state index in [-0.39, 0.29) is 30.1 Å². The van der Waals surface area contributed by atoms with E-state index >= 15 is 0 Å². The summed E-state index contributed by atoms with van der Waals surface area (Å²) < 4.78 is 7.80. The number of amidine groups is 1. The Kier molecular flexibility index (Phi) is 7.88. The fourth-order valence-electron chi connectivity index (χ4n) is 6.14. The molecule has 36 heavy (non-hydrogen) atoms. The molecule has 0 aliphatic carbocycles. The molecule has 0 spiro atoms. The second-order valence-corrected chi connectivity index (χ2v) is 10.0. The third-order valence-electron chi connectivity index (χ3n) is 8.08. The standard InChI is InChI=1S/C27H39N5O4/c1-4-22(26(33)34)24-15-21(36-3)16-32(24)27(35)31-12-6-7-19(31)10-11-20-13-17-8-9-18(25(28)29)14-23(17)30(20)5-2/h8-9,13-14,19,21-22,24H,4-7,10-12,15-16H2,1-3H3,(H3,28,29)(H,33,34)/t19-,21+,22?,24+/m0/s1. The van der Waals surface area contributed by atoms with Crippen molar-refractivity contribution in [1.82, 2.24) is 14.4 Å². The van der Waals surface area contributed by atoms with E-state index in [9.17, 15) is 14.7 Å². The van der Waals surface area contributed by atoms with Crippen molar-refractivity contribution in [1.29, 1.82) is 5.41 Å². The van der Waals surface area contributed by atoms with Crippen LogP contribution in [0.15, 0.2) is 24.3 Å². The summed E-state index contributed by atoms with van der Waals surface area (Å²) >= 11 is 0. The fraction of sp³-hybridized carbons (Fsp3) is 0.593. The SMILES string of the molecule is CCC(C(=O)O)[C@H]1C[C@@H](OC)CN1C(=O)N1CCC[C@H]1CCc1cc2ccc(C(=N)N)cc2n1CC. The van der Waals surface area contributed by atoms with Gasteiger partial charge in [-0.05, 0) is 63.0 Å². The normalized spacial score (nSPS) is 22.9. The van der Waals surface area contributed by atoms with Crippen LogP contribution in [0.4, 0.5) is 4.79 Å². The van der Waals surface area contributed by atoms with Crippen LogP contribution < -0.4 is 5.73 Å². The number of benzene rings is 1. The number of amides is 2. The van der Waals surface area contributed by atoms with Crippen molar-refractivity contribution in [2.45, 2.75) is 77.1 Å². The number of aryl methyl sites for hydroxylation is 2. The maximum absolute atomic E-state index is 13.7. The van der Waals surface area contributed by atoms with E-state index < -0.39 is 11.9 Å². The van der Waals surface area contributed by atoms with E-state index in [1.807, 2.05) is 30.0 Å². The first-order valence-corrected chi connectivity index (χ1v) is 13.1. The van der Waals surface area contributed by atoms with Crippen molar-refractivity contribution in [2.75, 3.05) is 20.2 Å². The predicted molar refractivity (Wildman–Crippen MR) is 139 cm³/mol. The molecule has 2 aliphatic rings.